The maximum atomic E-state index is 12.8. The smallest absolute Gasteiger partial charge is 0.250 e. The van der Waals surface area contributed by atoms with Crippen LogP contribution in [-0.4, -0.2) is 21.2 Å². The highest BCUT2D eigenvalue weighted by atomic mass is 79.9. The molecule has 1 heterocycles. The summed E-state index contributed by atoms with van der Waals surface area (Å²) in [4.78, 5) is 19.2. The van der Waals surface area contributed by atoms with E-state index in [1.165, 1.54) is 0 Å². The Bertz CT molecular complexity index is 701. The molecule has 1 aliphatic heterocycles. The van der Waals surface area contributed by atoms with Crippen molar-refractivity contribution in [2.45, 2.75) is 11.2 Å². The van der Waals surface area contributed by atoms with Gasteiger partial charge in [0.1, 0.15) is 4.32 Å². The number of thioether (sulfide) groups is 1. The number of anilines is 1. The molecule has 1 aliphatic rings. The highest BCUT2D eigenvalue weighted by molar-refractivity contribution is 9.10. The van der Waals surface area contributed by atoms with E-state index in [-0.39, 0.29) is 5.91 Å². The second-order valence-corrected chi connectivity index (χ2v) is 7.88. The molecule has 0 bridgehead atoms. The van der Waals surface area contributed by atoms with Crippen LogP contribution in [-0.2, 0) is 4.79 Å². The first-order valence-corrected chi connectivity index (χ1v) is 8.71. The lowest BCUT2D eigenvalue weighted by molar-refractivity contribution is -0.119. The molecule has 0 aliphatic carbocycles. The number of carbonyl (C=O) groups excluding carboxylic acids is 1. The molecule has 1 atom stereocenters. The van der Waals surface area contributed by atoms with Crippen molar-refractivity contribution in [1.82, 2.24) is 0 Å². The van der Waals surface area contributed by atoms with Gasteiger partial charge in [-0.25, -0.2) is 4.99 Å². The molecule has 2 aromatic carbocycles. The van der Waals surface area contributed by atoms with E-state index in [1.54, 1.807) is 16.7 Å². The predicted octanol–water partition coefficient (Wildman–Crippen LogP) is 4.61. The molecule has 0 radical (unpaired) electrons. The summed E-state index contributed by atoms with van der Waals surface area (Å²) < 4.78 is -0.580. The molecule has 3 rings (SSSR count). The summed E-state index contributed by atoms with van der Waals surface area (Å²) in [6.45, 7) is 1.90. The fourth-order valence-electron chi connectivity index (χ4n) is 2.15. The van der Waals surface area contributed by atoms with Crippen LogP contribution in [0.25, 0.3) is 0 Å². The Kier molecular flexibility index (Phi) is 4.36. The molecule has 1 fully saturated rings. The molecule has 0 unspecified atom stereocenters. The molecule has 0 aromatic heterocycles. The second-order valence-electron chi connectivity index (χ2n) is 5.19. The lowest BCUT2D eigenvalue weighted by Gasteiger charge is -2.36. The minimum atomic E-state index is -0.580. The van der Waals surface area contributed by atoms with Crippen LogP contribution in [0.15, 0.2) is 65.7 Å². The van der Waals surface area contributed by atoms with E-state index in [0.717, 1.165) is 11.4 Å². The number of hydrogen-bond acceptors (Lipinski definition) is 3. The lowest BCUT2D eigenvalue weighted by atomic mass is 10.1. The zero-order valence-corrected chi connectivity index (χ0v) is 14.5. The van der Waals surface area contributed by atoms with Gasteiger partial charge in [0, 0.05) is 5.75 Å². The zero-order valence-electron chi connectivity index (χ0n) is 12.1. The molecule has 0 N–H and O–H groups in total. The van der Waals surface area contributed by atoms with Gasteiger partial charge in [0.05, 0.1) is 11.4 Å². The fraction of sp³-hybridized carbons (Fsp3) is 0.176. The molecular weight excluding hydrogens is 360 g/mol. The number of carbonyl (C=O) groups is 1. The quantitative estimate of drug-likeness (QED) is 0.719. The number of rotatable bonds is 2. The van der Waals surface area contributed by atoms with E-state index in [0.29, 0.717) is 10.9 Å². The topological polar surface area (TPSA) is 32.7 Å². The van der Waals surface area contributed by atoms with E-state index in [9.17, 15) is 4.79 Å². The van der Waals surface area contributed by atoms with Crippen molar-refractivity contribution in [3.63, 3.8) is 0 Å². The summed E-state index contributed by atoms with van der Waals surface area (Å²) >= 11 is 5.12. The van der Waals surface area contributed by atoms with Gasteiger partial charge in [-0.1, -0.05) is 64.1 Å². The van der Waals surface area contributed by atoms with Gasteiger partial charge in [-0.05, 0) is 31.2 Å². The summed E-state index contributed by atoms with van der Waals surface area (Å²) in [6.07, 6.45) is 0. The van der Waals surface area contributed by atoms with Crippen LogP contribution >= 0.6 is 27.7 Å². The molecule has 5 heteroatoms. The molecule has 2 aromatic rings. The Morgan fingerprint density at radius 3 is 2.32 bits per heavy atom. The monoisotopic (exact) mass is 374 g/mol. The van der Waals surface area contributed by atoms with Crippen LogP contribution in [0.4, 0.5) is 11.4 Å². The van der Waals surface area contributed by atoms with Gasteiger partial charge in [0.15, 0.2) is 5.17 Å². The van der Waals surface area contributed by atoms with Crippen molar-refractivity contribution in [1.29, 1.82) is 0 Å². The number of benzene rings is 2. The number of halogens is 1. The number of hydrogen-bond donors (Lipinski definition) is 0. The highest BCUT2D eigenvalue weighted by Gasteiger charge is 2.42. The van der Waals surface area contributed by atoms with Crippen LogP contribution in [0, 0.1) is 0 Å². The predicted molar refractivity (Wildman–Crippen MR) is 97.3 cm³/mol. The van der Waals surface area contributed by atoms with Crippen molar-refractivity contribution >= 4 is 50.1 Å². The normalized spacial score (nSPS) is 23.8. The first kappa shape index (κ1) is 15.3. The maximum Gasteiger partial charge on any atom is 0.250 e. The van der Waals surface area contributed by atoms with Crippen LogP contribution in [0.1, 0.15) is 6.92 Å². The SMILES string of the molecule is C[C@]1(Br)CSC(=Nc2ccccc2)N(c2ccccc2)C1=O. The number of alkyl halides is 1. The van der Waals surface area contributed by atoms with E-state index in [1.807, 2.05) is 67.6 Å². The second kappa shape index (κ2) is 6.26. The fourth-order valence-corrected chi connectivity index (χ4v) is 3.68. The molecular formula is C17H15BrN2OS. The largest absolute Gasteiger partial charge is 0.272 e. The van der Waals surface area contributed by atoms with Crippen LogP contribution in [0.2, 0.25) is 0 Å². The molecule has 0 saturated carbocycles. The van der Waals surface area contributed by atoms with Gasteiger partial charge in [0.2, 0.25) is 0 Å². The van der Waals surface area contributed by atoms with Gasteiger partial charge < -0.3 is 0 Å². The van der Waals surface area contributed by atoms with Crippen molar-refractivity contribution < 1.29 is 4.79 Å². The van der Waals surface area contributed by atoms with Gasteiger partial charge in [-0.3, -0.25) is 9.69 Å². The third kappa shape index (κ3) is 3.10. The summed E-state index contributed by atoms with van der Waals surface area (Å²) in [5.41, 5.74) is 1.68. The average Bonchev–Trinajstić information content (AvgIpc) is 2.53. The van der Waals surface area contributed by atoms with Crippen molar-refractivity contribution in [2.75, 3.05) is 10.7 Å². The third-order valence-electron chi connectivity index (χ3n) is 3.31. The van der Waals surface area contributed by atoms with Gasteiger partial charge >= 0.3 is 0 Å². The van der Waals surface area contributed by atoms with E-state index in [4.69, 9.17) is 0 Å². The number of amidine groups is 1. The minimum Gasteiger partial charge on any atom is -0.272 e. The highest BCUT2D eigenvalue weighted by Crippen LogP contribution is 2.36. The molecule has 22 heavy (non-hydrogen) atoms. The minimum absolute atomic E-state index is 0.00660. The summed E-state index contributed by atoms with van der Waals surface area (Å²) in [7, 11) is 0. The lowest BCUT2D eigenvalue weighted by Crippen LogP contribution is -2.51. The Hall–Kier alpha value is -1.59. The van der Waals surface area contributed by atoms with Crippen molar-refractivity contribution in [2.24, 2.45) is 4.99 Å². The van der Waals surface area contributed by atoms with E-state index in [2.05, 4.69) is 20.9 Å². The van der Waals surface area contributed by atoms with Crippen LogP contribution in [0.5, 0.6) is 0 Å². The van der Waals surface area contributed by atoms with Crippen molar-refractivity contribution in [3.05, 3.63) is 60.7 Å². The number of aliphatic imine (C=N–C) groups is 1. The number of para-hydroxylation sites is 2. The number of amides is 1. The van der Waals surface area contributed by atoms with Crippen molar-refractivity contribution in [3.8, 4) is 0 Å². The van der Waals surface area contributed by atoms with E-state index >= 15 is 0 Å². The van der Waals surface area contributed by atoms with Gasteiger partial charge in [-0.2, -0.15) is 0 Å². The summed E-state index contributed by atoms with van der Waals surface area (Å²) in [6, 6.07) is 19.3. The molecule has 0 spiro atoms. The molecule has 1 amide bonds. The Balaban J connectivity index is 2.05. The standard InChI is InChI=1S/C17H15BrN2OS/c1-17(18)12-22-16(19-13-8-4-2-5-9-13)20(15(17)21)14-10-6-3-7-11-14/h2-11H,12H2,1H3/t17-/m0/s1. The van der Waals surface area contributed by atoms with E-state index < -0.39 is 4.32 Å². The van der Waals surface area contributed by atoms with Crippen LogP contribution < -0.4 is 4.90 Å². The van der Waals surface area contributed by atoms with Crippen LogP contribution in [0.3, 0.4) is 0 Å². The van der Waals surface area contributed by atoms with Gasteiger partial charge in [0.25, 0.3) is 5.91 Å². The zero-order chi connectivity index (χ0) is 15.6. The Morgan fingerprint density at radius 2 is 1.68 bits per heavy atom. The molecule has 1 saturated heterocycles. The third-order valence-corrected chi connectivity index (χ3v) is 5.55. The average molecular weight is 375 g/mol. The molecule has 112 valence electrons. The Morgan fingerprint density at radius 1 is 1.09 bits per heavy atom. The summed E-state index contributed by atoms with van der Waals surface area (Å²) in [5, 5.41) is 0.708. The Labute approximate surface area is 142 Å². The first-order valence-electron chi connectivity index (χ1n) is 6.93. The first-order chi connectivity index (χ1) is 10.6. The maximum absolute atomic E-state index is 12.8. The summed E-state index contributed by atoms with van der Waals surface area (Å²) in [5.74, 6) is 0.660. The van der Waals surface area contributed by atoms with Gasteiger partial charge in [-0.15, -0.1) is 0 Å². The number of nitrogens with zero attached hydrogens (tertiary/aromatic N) is 2. The molecule has 3 nitrogen and oxygen atoms in total.